The molecule has 5 heteroatoms. The summed E-state index contributed by atoms with van der Waals surface area (Å²) in [7, 11) is 0. The second-order valence-electron chi connectivity index (χ2n) is 3.78. The van der Waals surface area contributed by atoms with Crippen LogP contribution in [0.5, 0.6) is 0 Å². The fourth-order valence-electron chi connectivity index (χ4n) is 1.54. The Morgan fingerprint density at radius 3 is 2.83 bits per heavy atom. The van der Waals surface area contributed by atoms with Gasteiger partial charge in [0.1, 0.15) is 11.6 Å². The number of nitrogens with two attached hydrogens (primary N) is 1. The smallest absolute Gasteiger partial charge is 0.167 e. The molecule has 0 aliphatic carbocycles. The molecule has 0 saturated carbocycles. The van der Waals surface area contributed by atoms with Crippen LogP contribution in [0.4, 0.5) is 10.2 Å². The molecule has 0 unspecified atom stereocenters. The number of ketones is 1. The topological polar surface area (TPSA) is 56.0 Å². The quantitative estimate of drug-likeness (QED) is 0.868. The first-order valence-electron chi connectivity index (χ1n) is 5.25. The fraction of sp³-hybridized carbons (Fsp3) is 0.0769. The van der Waals surface area contributed by atoms with Crippen LogP contribution in [0.25, 0.3) is 0 Å². The first-order chi connectivity index (χ1) is 8.58. The van der Waals surface area contributed by atoms with Crippen molar-refractivity contribution in [2.75, 3.05) is 5.73 Å². The molecule has 0 aliphatic heterocycles. The molecule has 0 amide bonds. The molecule has 0 bridgehead atoms. The van der Waals surface area contributed by atoms with Gasteiger partial charge < -0.3 is 5.73 Å². The lowest BCUT2D eigenvalue weighted by molar-refractivity contribution is 0.0993. The number of anilines is 1. The number of rotatable bonds is 3. The molecule has 1 heterocycles. The summed E-state index contributed by atoms with van der Waals surface area (Å²) in [6.07, 6.45) is 1.67. The van der Waals surface area contributed by atoms with Crippen molar-refractivity contribution in [3.8, 4) is 0 Å². The minimum Gasteiger partial charge on any atom is -0.383 e. The standard InChI is InChI=1S/C13H10ClFN2O/c14-10-6-8(3-4-11(10)15)12(18)7-9-2-1-5-17-13(9)16/h1-6H,7H2,(H2,16,17). The highest BCUT2D eigenvalue weighted by molar-refractivity contribution is 6.31. The average Bonchev–Trinajstić information content (AvgIpc) is 2.35. The number of pyridine rings is 1. The fourth-order valence-corrected chi connectivity index (χ4v) is 1.73. The third-order valence-electron chi connectivity index (χ3n) is 2.52. The number of hydrogen-bond acceptors (Lipinski definition) is 3. The van der Waals surface area contributed by atoms with E-state index in [1.807, 2.05) is 0 Å². The summed E-state index contributed by atoms with van der Waals surface area (Å²) in [6, 6.07) is 7.31. The van der Waals surface area contributed by atoms with Crippen LogP contribution < -0.4 is 5.73 Å². The maximum atomic E-state index is 13.0. The Kier molecular flexibility index (Phi) is 3.58. The molecule has 18 heavy (non-hydrogen) atoms. The molecule has 0 saturated heterocycles. The zero-order valence-electron chi connectivity index (χ0n) is 9.36. The normalized spacial score (nSPS) is 10.3. The van der Waals surface area contributed by atoms with Crippen molar-refractivity contribution in [3.63, 3.8) is 0 Å². The Balaban J connectivity index is 2.22. The molecule has 0 fully saturated rings. The van der Waals surface area contributed by atoms with Crippen molar-refractivity contribution in [2.24, 2.45) is 0 Å². The number of nitrogen functional groups attached to an aromatic ring is 1. The van der Waals surface area contributed by atoms with E-state index in [0.717, 1.165) is 0 Å². The molecule has 0 radical (unpaired) electrons. The van der Waals surface area contributed by atoms with Crippen LogP contribution in [-0.4, -0.2) is 10.8 Å². The van der Waals surface area contributed by atoms with Gasteiger partial charge in [-0.15, -0.1) is 0 Å². The summed E-state index contributed by atoms with van der Waals surface area (Å²) in [5.41, 5.74) is 6.64. The monoisotopic (exact) mass is 264 g/mol. The first kappa shape index (κ1) is 12.5. The molecular formula is C13H10ClFN2O. The highest BCUT2D eigenvalue weighted by Crippen LogP contribution is 2.18. The number of hydrogen-bond donors (Lipinski definition) is 1. The molecule has 1 aromatic heterocycles. The molecule has 2 rings (SSSR count). The van der Waals surface area contributed by atoms with E-state index in [0.29, 0.717) is 16.9 Å². The van der Waals surface area contributed by atoms with Gasteiger partial charge in [-0.25, -0.2) is 9.37 Å². The van der Waals surface area contributed by atoms with E-state index in [1.54, 1.807) is 18.3 Å². The molecule has 2 N–H and O–H groups in total. The lowest BCUT2D eigenvalue weighted by Crippen LogP contribution is -2.07. The first-order valence-corrected chi connectivity index (χ1v) is 5.63. The number of carbonyl (C=O) groups is 1. The molecule has 0 aliphatic rings. The van der Waals surface area contributed by atoms with Crippen LogP contribution in [0.15, 0.2) is 36.5 Å². The highest BCUT2D eigenvalue weighted by atomic mass is 35.5. The van der Waals surface area contributed by atoms with E-state index in [4.69, 9.17) is 17.3 Å². The van der Waals surface area contributed by atoms with Crippen LogP contribution in [-0.2, 0) is 6.42 Å². The lowest BCUT2D eigenvalue weighted by atomic mass is 10.0. The lowest BCUT2D eigenvalue weighted by Gasteiger charge is -2.04. The maximum absolute atomic E-state index is 13.0. The Morgan fingerprint density at radius 2 is 2.17 bits per heavy atom. The predicted octanol–water partition coefficient (Wildman–Crippen LogP) is 2.88. The van der Waals surface area contributed by atoms with Gasteiger partial charge in [-0.2, -0.15) is 0 Å². The average molecular weight is 265 g/mol. The largest absolute Gasteiger partial charge is 0.383 e. The Hall–Kier alpha value is -1.94. The van der Waals surface area contributed by atoms with Gasteiger partial charge in [0.25, 0.3) is 0 Å². The van der Waals surface area contributed by atoms with Gasteiger partial charge >= 0.3 is 0 Å². The number of carbonyl (C=O) groups excluding carboxylic acids is 1. The van der Waals surface area contributed by atoms with Crippen LogP contribution in [0.3, 0.4) is 0 Å². The zero-order chi connectivity index (χ0) is 13.1. The molecular weight excluding hydrogens is 255 g/mol. The molecule has 92 valence electrons. The minimum absolute atomic E-state index is 0.0694. The van der Waals surface area contributed by atoms with Gasteiger partial charge in [-0.05, 0) is 24.3 Å². The third-order valence-corrected chi connectivity index (χ3v) is 2.81. The number of benzene rings is 1. The summed E-state index contributed by atoms with van der Waals surface area (Å²) >= 11 is 5.63. The Labute approximate surface area is 108 Å². The van der Waals surface area contributed by atoms with Gasteiger partial charge in [0.05, 0.1) is 5.02 Å². The number of nitrogens with zero attached hydrogens (tertiary/aromatic N) is 1. The van der Waals surface area contributed by atoms with Gasteiger partial charge in [0.2, 0.25) is 0 Å². The second-order valence-corrected chi connectivity index (χ2v) is 4.18. The van der Waals surface area contributed by atoms with Crippen molar-refractivity contribution in [3.05, 3.63) is 58.5 Å². The SMILES string of the molecule is Nc1ncccc1CC(=O)c1ccc(F)c(Cl)c1. The number of halogens is 2. The van der Waals surface area contributed by atoms with Crippen molar-refractivity contribution < 1.29 is 9.18 Å². The Bertz CT molecular complexity index is 601. The van der Waals surface area contributed by atoms with Gasteiger partial charge in [0.15, 0.2) is 5.78 Å². The molecule has 3 nitrogen and oxygen atoms in total. The molecule has 1 aromatic carbocycles. The summed E-state index contributed by atoms with van der Waals surface area (Å²) < 4.78 is 13.0. The summed E-state index contributed by atoms with van der Waals surface area (Å²) in [4.78, 5) is 15.9. The van der Waals surface area contributed by atoms with Gasteiger partial charge in [-0.3, -0.25) is 4.79 Å². The van der Waals surface area contributed by atoms with Gasteiger partial charge in [0, 0.05) is 23.7 Å². The van der Waals surface area contributed by atoms with E-state index < -0.39 is 5.82 Å². The van der Waals surface area contributed by atoms with Crippen LogP contribution in [0.1, 0.15) is 15.9 Å². The number of aromatic nitrogens is 1. The van der Waals surface area contributed by atoms with Crippen LogP contribution in [0.2, 0.25) is 5.02 Å². The number of Topliss-reactive ketones (excluding diaryl/α,β-unsaturated/α-hetero) is 1. The van der Waals surface area contributed by atoms with E-state index in [-0.39, 0.29) is 17.2 Å². The van der Waals surface area contributed by atoms with Gasteiger partial charge in [-0.1, -0.05) is 17.7 Å². The van der Waals surface area contributed by atoms with Crippen LogP contribution in [0, 0.1) is 5.82 Å². The summed E-state index contributed by atoms with van der Waals surface area (Å²) in [6.45, 7) is 0. The highest BCUT2D eigenvalue weighted by Gasteiger charge is 2.11. The Morgan fingerprint density at radius 1 is 1.39 bits per heavy atom. The van der Waals surface area contributed by atoms with Crippen LogP contribution >= 0.6 is 11.6 Å². The maximum Gasteiger partial charge on any atom is 0.167 e. The third kappa shape index (κ3) is 2.65. The van der Waals surface area contributed by atoms with E-state index >= 15 is 0 Å². The van der Waals surface area contributed by atoms with E-state index in [2.05, 4.69) is 4.98 Å². The molecule has 2 aromatic rings. The zero-order valence-corrected chi connectivity index (χ0v) is 10.1. The summed E-state index contributed by atoms with van der Waals surface area (Å²) in [5, 5.41) is -0.0694. The molecule has 0 atom stereocenters. The van der Waals surface area contributed by atoms with E-state index in [9.17, 15) is 9.18 Å². The van der Waals surface area contributed by atoms with E-state index in [1.165, 1.54) is 18.2 Å². The van der Waals surface area contributed by atoms with Crippen molar-refractivity contribution >= 4 is 23.2 Å². The van der Waals surface area contributed by atoms with Crippen molar-refractivity contribution in [1.82, 2.24) is 4.98 Å². The van der Waals surface area contributed by atoms with Crippen molar-refractivity contribution in [2.45, 2.75) is 6.42 Å². The summed E-state index contributed by atoms with van der Waals surface area (Å²) in [5.74, 6) is -0.412. The second kappa shape index (κ2) is 5.14. The molecule has 0 spiro atoms. The van der Waals surface area contributed by atoms with Crippen molar-refractivity contribution in [1.29, 1.82) is 0 Å². The predicted molar refractivity (Wildman–Crippen MR) is 68.1 cm³/mol. The minimum atomic E-state index is -0.547.